The Labute approximate surface area is 104 Å². The van der Waals surface area contributed by atoms with Gasteiger partial charge >= 0.3 is 5.97 Å². The second-order valence-electron chi connectivity index (χ2n) is 3.96. The molecule has 1 aliphatic heterocycles. The molecular weight excluding hydrogens is 240 g/mol. The topological polar surface area (TPSA) is 58.6 Å². The summed E-state index contributed by atoms with van der Waals surface area (Å²) >= 11 is 1.43. The fourth-order valence-corrected chi connectivity index (χ4v) is 2.48. The van der Waals surface area contributed by atoms with Gasteiger partial charge in [0, 0.05) is 37.7 Å². The second kappa shape index (κ2) is 5.42. The van der Waals surface area contributed by atoms with Crippen LogP contribution in [0.4, 0.5) is 5.13 Å². The van der Waals surface area contributed by atoms with Crippen LogP contribution < -0.4 is 4.90 Å². The number of methoxy groups -OCH3 is 1. The van der Waals surface area contributed by atoms with Crippen LogP contribution in [0.25, 0.3) is 0 Å². The first kappa shape index (κ1) is 12.3. The van der Waals surface area contributed by atoms with Gasteiger partial charge in [-0.3, -0.25) is 9.69 Å². The summed E-state index contributed by atoms with van der Waals surface area (Å²) < 4.78 is 8.83. The number of ether oxygens (including phenoxy) is 1. The Morgan fingerprint density at radius 1 is 1.41 bits per heavy atom. The molecule has 17 heavy (non-hydrogen) atoms. The predicted molar refractivity (Wildman–Crippen MR) is 65.3 cm³/mol. The number of rotatable bonds is 3. The van der Waals surface area contributed by atoms with Crippen molar-refractivity contribution in [3.63, 3.8) is 0 Å². The largest absolute Gasteiger partial charge is 0.468 e. The fraction of sp³-hybridized carbons (Fsp3) is 0.700. The summed E-state index contributed by atoms with van der Waals surface area (Å²) in [6.45, 7) is 5.74. The lowest BCUT2D eigenvalue weighted by Crippen LogP contribution is -2.48. The summed E-state index contributed by atoms with van der Waals surface area (Å²) in [5, 5.41) is 0.972. The van der Waals surface area contributed by atoms with Crippen LogP contribution in [0.2, 0.25) is 0 Å². The van der Waals surface area contributed by atoms with Crippen molar-refractivity contribution < 1.29 is 9.53 Å². The van der Waals surface area contributed by atoms with Gasteiger partial charge in [0.1, 0.15) is 5.82 Å². The van der Waals surface area contributed by atoms with Crippen molar-refractivity contribution in [2.75, 3.05) is 44.7 Å². The highest BCUT2D eigenvalue weighted by Crippen LogP contribution is 2.18. The Kier molecular flexibility index (Phi) is 3.90. The predicted octanol–water partition coefficient (Wildman–Crippen LogP) is 0.142. The molecule has 1 aliphatic rings. The molecule has 0 unspecified atom stereocenters. The van der Waals surface area contributed by atoms with Crippen LogP contribution in [0, 0.1) is 6.92 Å². The quantitative estimate of drug-likeness (QED) is 0.717. The van der Waals surface area contributed by atoms with Crippen LogP contribution in [0.3, 0.4) is 0 Å². The first-order chi connectivity index (χ1) is 8.19. The van der Waals surface area contributed by atoms with Gasteiger partial charge in [-0.25, -0.2) is 4.98 Å². The van der Waals surface area contributed by atoms with Crippen molar-refractivity contribution in [2.45, 2.75) is 6.92 Å². The fourth-order valence-electron chi connectivity index (χ4n) is 1.76. The molecule has 0 bridgehead atoms. The van der Waals surface area contributed by atoms with E-state index >= 15 is 0 Å². The summed E-state index contributed by atoms with van der Waals surface area (Å²) in [5.74, 6) is 0.646. The number of hydrogen-bond acceptors (Lipinski definition) is 7. The minimum absolute atomic E-state index is 0.176. The van der Waals surface area contributed by atoms with Gasteiger partial charge in [-0.2, -0.15) is 4.37 Å². The molecule has 0 spiro atoms. The highest BCUT2D eigenvalue weighted by Gasteiger charge is 2.21. The van der Waals surface area contributed by atoms with Crippen LogP contribution >= 0.6 is 11.5 Å². The standard InChI is InChI=1S/C10H16N4O2S/c1-8-11-10(17-12-8)14-5-3-13(4-6-14)7-9(15)16-2/h3-7H2,1-2H3. The molecule has 0 amide bonds. The van der Waals surface area contributed by atoms with Crippen LogP contribution in [0.15, 0.2) is 0 Å². The normalized spacial score (nSPS) is 17.2. The third-order valence-corrected chi connectivity index (χ3v) is 3.61. The van der Waals surface area contributed by atoms with Crippen molar-refractivity contribution in [2.24, 2.45) is 0 Å². The number of hydrogen-bond donors (Lipinski definition) is 0. The molecule has 0 aromatic carbocycles. The van der Waals surface area contributed by atoms with E-state index in [4.69, 9.17) is 0 Å². The Balaban J connectivity index is 1.84. The Bertz CT molecular complexity index is 387. The third-order valence-electron chi connectivity index (χ3n) is 2.74. The highest BCUT2D eigenvalue weighted by atomic mass is 32.1. The smallest absolute Gasteiger partial charge is 0.319 e. The van der Waals surface area contributed by atoms with Crippen molar-refractivity contribution in [1.82, 2.24) is 14.3 Å². The van der Waals surface area contributed by atoms with E-state index in [-0.39, 0.29) is 5.97 Å². The summed E-state index contributed by atoms with van der Waals surface area (Å²) in [4.78, 5) is 19.8. The number of aromatic nitrogens is 2. The van der Waals surface area contributed by atoms with E-state index in [9.17, 15) is 4.79 Å². The van der Waals surface area contributed by atoms with Crippen LogP contribution in [0.5, 0.6) is 0 Å². The maximum absolute atomic E-state index is 11.1. The van der Waals surface area contributed by atoms with Gasteiger partial charge in [0.25, 0.3) is 0 Å². The lowest BCUT2D eigenvalue weighted by atomic mass is 10.3. The molecule has 0 radical (unpaired) electrons. The van der Waals surface area contributed by atoms with Gasteiger partial charge in [-0.05, 0) is 6.92 Å². The number of carbonyl (C=O) groups is 1. The van der Waals surface area contributed by atoms with Crippen LogP contribution in [0.1, 0.15) is 5.82 Å². The lowest BCUT2D eigenvalue weighted by molar-refractivity contribution is -0.142. The molecule has 1 saturated heterocycles. The van der Waals surface area contributed by atoms with Crippen LogP contribution in [-0.4, -0.2) is 60.1 Å². The Morgan fingerprint density at radius 3 is 2.65 bits per heavy atom. The van der Waals surface area contributed by atoms with Gasteiger partial charge in [-0.1, -0.05) is 0 Å². The highest BCUT2D eigenvalue weighted by molar-refractivity contribution is 7.09. The van der Waals surface area contributed by atoms with Crippen molar-refractivity contribution in [3.05, 3.63) is 5.82 Å². The monoisotopic (exact) mass is 256 g/mol. The number of nitrogens with zero attached hydrogens (tertiary/aromatic N) is 4. The average Bonchev–Trinajstić information content (AvgIpc) is 2.77. The molecule has 0 aliphatic carbocycles. The van der Waals surface area contributed by atoms with Crippen molar-refractivity contribution >= 4 is 22.6 Å². The maximum atomic E-state index is 11.1. The first-order valence-corrected chi connectivity index (χ1v) is 6.31. The molecule has 1 aromatic rings. The minimum Gasteiger partial charge on any atom is -0.468 e. The molecule has 0 N–H and O–H groups in total. The molecule has 7 heteroatoms. The maximum Gasteiger partial charge on any atom is 0.319 e. The summed E-state index contributed by atoms with van der Waals surface area (Å²) in [5.41, 5.74) is 0. The lowest BCUT2D eigenvalue weighted by Gasteiger charge is -2.33. The SMILES string of the molecule is COC(=O)CN1CCN(c2nc(C)ns2)CC1. The second-order valence-corrected chi connectivity index (χ2v) is 4.69. The van der Waals surface area contributed by atoms with E-state index in [1.165, 1.54) is 18.6 Å². The third kappa shape index (κ3) is 3.13. The van der Waals surface area contributed by atoms with Gasteiger partial charge < -0.3 is 9.64 Å². The molecule has 94 valence electrons. The number of piperazine rings is 1. The summed E-state index contributed by atoms with van der Waals surface area (Å²) in [7, 11) is 1.42. The van der Waals surface area contributed by atoms with Crippen LogP contribution in [-0.2, 0) is 9.53 Å². The molecule has 1 aromatic heterocycles. The summed E-state index contributed by atoms with van der Waals surface area (Å²) in [6, 6.07) is 0. The Hall–Kier alpha value is -1.21. The van der Waals surface area contributed by atoms with E-state index in [0.717, 1.165) is 37.1 Å². The Morgan fingerprint density at radius 2 is 2.12 bits per heavy atom. The van der Waals surface area contributed by atoms with E-state index in [1.807, 2.05) is 6.92 Å². The number of esters is 1. The molecule has 2 rings (SSSR count). The van der Waals surface area contributed by atoms with E-state index in [0.29, 0.717) is 6.54 Å². The molecule has 1 fully saturated rings. The first-order valence-electron chi connectivity index (χ1n) is 5.53. The van der Waals surface area contributed by atoms with E-state index in [1.54, 1.807) is 0 Å². The average molecular weight is 256 g/mol. The number of anilines is 1. The van der Waals surface area contributed by atoms with Crippen molar-refractivity contribution in [1.29, 1.82) is 0 Å². The molecule has 0 atom stereocenters. The van der Waals surface area contributed by atoms with Gasteiger partial charge in [0.05, 0.1) is 13.7 Å². The van der Waals surface area contributed by atoms with E-state index in [2.05, 4.69) is 23.9 Å². The van der Waals surface area contributed by atoms with E-state index < -0.39 is 0 Å². The zero-order chi connectivity index (χ0) is 12.3. The number of carbonyl (C=O) groups excluding carboxylic acids is 1. The molecule has 6 nitrogen and oxygen atoms in total. The van der Waals surface area contributed by atoms with Gasteiger partial charge in [-0.15, -0.1) is 0 Å². The number of aryl methyl sites for hydroxylation is 1. The van der Waals surface area contributed by atoms with Gasteiger partial charge in [0.2, 0.25) is 5.13 Å². The molecular formula is C10H16N4O2S. The molecule has 2 heterocycles. The minimum atomic E-state index is -0.176. The summed E-state index contributed by atoms with van der Waals surface area (Å²) in [6.07, 6.45) is 0. The van der Waals surface area contributed by atoms with Crippen molar-refractivity contribution in [3.8, 4) is 0 Å². The zero-order valence-corrected chi connectivity index (χ0v) is 10.9. The zero-order valence-electron chi connectivity index (χ0n) is 10.0. The van der Waals surface area contributed by atoms with Gasteiger partial charge in [0.15, 0.2) is 0 Å². The molecule has 0 saturated carbocycles.